The van der Waals surface area contributed by atoms with Gasteiger partial charge in [0.05, 0.1) is 0 Å². The average Bonchev–Trinajstić information content (AvgIpc) is 2.76. The van der Waals surface area contributed by atoms with E-state index in [0.29, 0.717) is 24.6 Å². The SMILES string of the molecule is Cc1ccc(OCc2ccccc2)c([C@@H](CCN(C(C)C)C(C)C)c2ccccc2)c1. The number of rotatable bonds is 10. The van der Waals surface area contributed by atoms with E-state index < -0.39 is 0 Å². The van der Waals surface area contributed by atoms with E-state index in [-0.39, 0.29) is 0 Å². The average molecular weight is 416 g/mol. The molecule has 0 aliphatic rings. The molecule has 3 aromatic carbocycles. The molecule has 0 radical (unpaired) electrons. The van der Waals surface area contributed by atoms with E-state index in [2.05, 4.69) is 112 Å². The molecule has 2 nitrogen and oxygen atoms in total. The normalized spacial score (nSPS) is 12.5. The van der Waals surface area contributed by atoms with Crippen molar-refractivity contribution in [2.75, 3.05) is 6.54 Å². The quantitative estimate of drug-likeness (QED) is 0.347. The molecule has 0 aliphatic heterocycles. The van der Waals surface area contributed by atoms with Crippen molar-refractivity contribution < 1.29 is 4.74 Å². The van der Waals surface area contributed by atoms with Crippen molar-refractivity contribution in [3.05, 3.63) is 101 Å². The Kier molecular flexibility index (Phi) is 8.31. The van der Waals surface area contributed by atoms with E-state index in [1.807, 2.05) is 6.07 Å². The second-order valence-corrected chi connectivity index (χ2v) is 8.99. The molecule has 0 heterocycles. The van der Waals surface area contributed by atoms with Crippen LogP contribution in [-0.2, 0) is 6.61 Å². The summed E-state index contributed by atoms with van der Waals surface area (Å²) in [5, 5.41) is 0. The molecule has 0 amide bonds. The van der Waals surface area contributed by atoms with Crippen LogP contribution in [0.4, 0.5) is 0 Å². The Hall–Kier alpha value is -2.58. The highest BCUT2D eigenvalue weighted by Gasteiger charge is 2.22. The van der Waals surface area contributed by atoms with Gasteiger partial charge in [-0.15, -0.1) is 0 Å². The molecule has 31 heavy (non-hydrogen) atoms. The van der Waals surface area contributed by atoms with Gasteiger partial charge in [0.1, 0.15) is 12.4 Å². The summed E-state index contributed by atoms with van der Waals surface area (Å²) in [5.74, 6) is 1.29. The number of nitrogens with zero attached hydrogens (tertiary/aromatic N) is 1. The molecule has 0 fully saturated rings. The van der Waals surface area contributed by atoms with Crippen molar-refractivity contribution in [1.29, 1.82) is 0 Å². The molecule has 3 rings (SSSR count). The zero-order valence-corrected chi connectivity index (χ0v) is 19.7. The predicted octanol–water partition coefficient (Wildman–Crippen LogP) is 7.21. The van der Waals surface area contributed by atoms with Crippen molar-refractivity contribution in [2.24, 2.45) is 0 Å². The van der Waals surface area contributed by atoms with Crippen LogP contribution in [0.25, 0.3) is 0 Å². The Balaban J connectivity index is 1.91. The zero-order chi connectivity index (χ0) is 22.2. The van der Waals surface area contributed by atoms with Gasteiger partial charge in [-0.25, -0.2) is 0 Å². The van der Waals surface area contributed by atoms with Crippen molar-refractivity contribution in [3.8, 4) is 5.75 Å². The Bertz CT molecular complexity index is 910. The van der Waals surface area contributed by atoms with Gasteiger partial charge in [-0.2, -0.15) is 0 Å². The smallest absolute Gasteiger partial charge is 0.123 e. The van der Waals surface area contributed by atoms with Crippen LogP contribution >= 0.6 is 0 Å². The van der Waals surface area contributed by atoms with Crippen LogP contribution in [0.2, 0.25) is 0 Å². The maximum atomic E-state index is 6.37. The van der Waals surface area contributed by atoms with Gasteiger partial charge in [-0.3, -0.25) is 4.90 Å². The van der Waals surface area contributed by atoms with Gasteiger partial charge in [-0.05, 0) is 64.8 Å². The monoisotopic (exact) mass is 415 g/mol. The van der Waals surface area contributed by atoms with Gasteiger partial charge in [0.2, 0.25) is 0 Å². The minimum atomic E-state index is 0.298. The van der Waals surface area contributed by atoms with Crippen LogP contribution in [0.15, 0.2) is 78.9 Å². The summed E-state index contributed by atoms with van der Waals surface area (Å²) < 4.78 is 6.37. The standard InChI is InChI=1S/C29H37NO/c1-22(2)30(23(3)4)19-18-27(26-14-10-7-11-15-26)28-20-24(5)16-17-29(28)31-21-25-12-8-6-9-13-25/h6-17,20,22-23,27H,18-19,21H2,1-5H3/t27-/m0/s1. The number of benzene rings is 3. The second kappa shape index (κ2) is 11.2. The molecule has 0 saturated heterocycles. The van der Waals surface area contributed by atoms with Crippen LogP contribution in [0.1, 0.15) is 62.3 Å². The zero-order valence-electron chi connectivity index (χ0n) is 19.7. The first kappa shape index (κ1) is 23.1. The van der Waals surface area contributed by atoms with Crippen molar-refractivity contribution in [3.63, 3.8) is 0 Å². The Labute approximate surface area is 188 Å². The van der Waals surface area contributed by atoms with Crippen molar-refractivity contribution >= 4 is 0 Å². The summed E-state index contributed by atoms with van der Waals surface area (Å²) in [6, 6.07) is 29.0. The summed E-state index contributed by atoms with van der Waals surface area (Å²) in [4.78, 5) is 2.58. The first-order valence-electron chi connectivity index (χ1n) is 11.5. The number of hydrogen-bond acceptors (Lipinski definition) is 2. The molecule has 3 aromatic rings. The molecule has 0 unspecified atom stereocenters. The van der Waals surface area contributed by atoms with Crippen LogP contribution in [-0.4, -0.2) is 23.5 Å². The lowest BCUT2D eigenvalue weighted by atomic mass is 9.86. The third kappa shape index (κ3) is 6.45. The Morgan fingerprint density at radius 1 is 0.774 bits per heavy atom. The highest BCUT2D eigenvalue weighted by atomic mass is 16.5. The van der Waals surface area contributed by atoms with E-state index in [1.165, 1.54) is 22.3 Å². The number of hydrogen-bond donors (Lipinski definition) is 0. The first-order valence-corrected chi connectivity index (χ1v) is 11.5. The molecular formula is C29H37NO. The second-order valence-electron chi connectivity index (χ2n) is 8.99. The molecule has 2 heteroatoms. The van der Waals surface area contributed by atoms with Crippen LogP contribution < -0.4 is 4.74 Å². The lowest BCUT2D eigenvalue weighted by Crippen LogP contribution is -2.38. The third-order valence-corrected chi connectivity index (χ3v) is 5.98. The molecule has 0 aliphatic carbocycles. The minimum Gasteiger partial charge on any atom is -0.489 e. The summed E-state index contributed by atoms with van der Waals surface area (Å²) in [5.41, 5.74) is 5.10. The van der Waals surface area contributed by atoms with E-state index in [4.69, 9.17) is 4.74 Å². The van der Waals surface area contributed by atoms with Crippen molar-refractivity contribution in [2.45, 2.75) is 65.6 Å². The summed E-state index contributed by atoms with van der Waals surface area (Å²) >= 11 is 0. The van der Waals surface area contributed by atoms with E-state index in [0.717, 1.165) is 18.7 Å². The molecular weight excluding hydrogens is 378 g/mol. The molecule has 0 saturated carbocycles. The Morgan fingerprint density at radius 3 is 2.00 bits per heavy atom. The van der Waals surface area contributed by atoms with Gasteiger partial charge < -0.3 is 4.74 Å². The third-order valence-electron chi connectivity index (χ3n) is 5.98. The first-order chi connectivity index (χ1) is 15.0. The largest absolute Gasteiger partial charge is 0.489 e. The van der Waals surface area contributed by atoms with Crippen LogP contribution in [0.5, 0.6) is 5.75 Å². The van der Waals surface area contributed by atoms with E-state index in [9.17, 15) is 0 Å². The van der Waals surface area contributed by atoms with Crippen molar-refractivity contribution in [1.82, 2.24) is 4.90 Å². The lowest BCUT2D eigenvalue weighted by Gasteiger charge is -2.32. The van der Waals surface area contributed by atoms with Gasteiger partial charge in [-0.1, -0.05) is 78.4 Å². The topological polar surface area (TPSA) is 12.5 Å². The predicted molar refractivity (Wildman–Crippen MR) is 132 cm³/mol. The van der Waals surface area contributed by atoms with Gasteiger partial charge in [0.25, 0.3) is 0 Å². The summed E-state index contributed by atoms with van der Waals surface area (Å²) in [7, 11) is 0. The highest BCUT2D eigenvalue weighted by molar-refractivity contribution is 5.44. The molecule has 0 bridgehead atoms. The Morgan fingerprint density at radius 2 is 1.39 bits per heavy atom. The van der Waals surface area contributed by atoms with Gasteiger partial charge >= 0.3 is 0 Å². The van der Waals surface area contributed by atoms with Gasteiger partial charge in [0.15, 0.2) is 0 Å². The molecule has 164 valence electrons. The van der Waals surface area contributed by atoms with Gasteiger partial charge in [0, 0.05) is 23.6 Å². The number of ether oxygens (including phenoxy) is 1. The molecule has 1 atom stereocenters. The minimum absolute atomic E-state index is 0.298. The lowest BCUT2D eigenvalue weighted by molar-refractivity contribution is 0.170. The fourth-order valence-corrected chi connectivity index (χ4v) is 4.38. The molecule has 0 aromatic heterocycles. The molecule has 0 spiro atoms. The molecule has 0 N–H and O–H groups in total. The summed E-state index contributed by atoms with van der Waals surface area (Å²) in [6.07, 6.45) is 1.06. The van der Waals surface area contributed by atoms with Crippen LogP contribution in [0, 0.1) is 6.92 Å². The van der Waals surface area contributed by atoms with Crippen LogP contribution in [0.3, 0.4) is 0 Å². The van der Waals surface area contributed by atoms with E-state index >= 15 is 0 Å². The fourth-order valence-electron chi connectivity index (χ4n) is 4.38. The van der Waals surface area contributed by atoms with E-state index in [1.54, 1.807) is 0 Å². The highest BCUT2D eigenvalue weighted by Crippen LogP contribution is 2.36. The summed E-state index contributed by atoms with van der Waals surface area (Å²) in [6.45, 7) is 13.0. The fraction of sp³-hybridized carbons (Fsp3) is 0.379. The maximum absolute atomic E-state index is 6.37. The number of aryl methyl sites for hydroxylation is 1. The maximum Gasteiger partial charge on any atom is 0.123 e.